The second kappa shape index (κ2) is 8.18. The molecule has 0 aliphatic heterocycles. The van der Waals surface area contributed by atoms with Gasteiger partial charge in [0.2, 0.25) is 0 Å². The summed E-state index contributed by atoms with van der Waals surface area (Å²) in [7, 11) is 4.03. The molecule has 4 aromatic rings. The molecule has 3 aromatic heterocycles. The van der Waals surface area contributed by atoms with Crippen molar-refractivity contribution in [1.82, 2.24) is 14.8 Å². The molecule has 1 amide bonds. The van der Waals surface area contributed by atoms with Crippen molar-refractivity contribution in [2.45, 2.75) is 13.5 Å². The smallest absolute Gasteiger partial charge is 0.268 e. The minimum Gasteiger partial charge on any atom is -0.378 e. The van der Waals surface area contributed by atoms with E-state index in [2.05, 4.69) is 44.6 Å². The maximum absolute atomic E-state index is 12.9. The fraction of sp³-hybridized carbons (Fsp3) is 0.190. The van der Waals surface area contributed by atoms with Crippen molar-refractivity contribution in [3.8, 4) is 9.88 Å². The van der Waals surface area contributed by atoms with Crippen LogP contribution in [0.15, 0.2) is 54.0 Å². The number of carbonyl (C=O) groups excluding carboxylic acids is 1. The zero-order chi connectivity index (χ0) is 20.4. The van der Waals surface area contributed by atoms with Gasteiger partial charge in [0.1, 0.15) is 15.7 Å². The van der Waals surface area contributed by atoms with E-state index in [0.717, 1.165) is 26.8 Å². The van der Waals surface area contributed by atoms with Crippen molar-refractivity contribution in [3.05, 3.63) is 70.2 Å². The molecule has 148 valence electrons. The van der Waals surface area contributed by atoms with E-state index in [9.17, 15) is 4.79 Å². The maximum atomic E-state index is 12.9. The molecule has 0 saturated carbocycles. The van der Waals surface area contributed by atoms with Crippen LogP contribution in [0.1, 0.15) is 20.9 Å². The highest BCUT2D eigenvalue weighted by Crippen LogP contribution is 2.31. The molecule has 0 aliphatic carbocycles. The van der Waals surface area contributed by atoms with Gasteiger partial charge >= 0.3 is 0 Å². The van der Waals surface area contributed by atoms with Crippen molar-refractivity contribution in [3.63, 3.8) is 0 Å². The Morgan fingerprint density at radius 3 is 2.66 bits per heavy atom. The summed E-state index contributed by atoms with van der Waals surface area (Å²) in [6.45, 7) is 2.45. The number of benzene rings is 1. The van der Waals surface area contributed by atoms with Crippen molar-refractivity contribution < 1.29 is 4.79 Å². The number of anilines is 2. The molecule has 0 spiro atoms. The highest BCUT2D eigenvalue weighted by atomic mass is 32.1. The summed E-state index contributed by atoms with van der Waals surface area (Å²) in [5.74, 6) is 0.504. The summed E-state index contributed by atoms with van der Waals surface area (Å²) in [6.07, 6.45) is 1.69. The van der Waals surface area contributed by atoms with Gasteiger partial charge in [0, 0.05) is 25.8 Å². The molecule has 3 heterocycles. The van der Waals surface area contributed by atoms with Gasteiger partial charge in [-0.2, -0.15) is 5.10 Å². The molecule has 6 nitrogen and oxygen atoms in total. The summed E-state index contributed by atoms with van der Waals surface area (Å²) >= 11 is 3.03. The van der Waals surface area contributed by atoms with Crippen LogP contribution < -0.4 is 10.2 Å². The average molecular weight is 424 g/mol. The second-order valence-electron chi connectivity index (χ2n) is 6.80. The van der Waals surface area contributed by atoms with Gasteiger partial charge in [-0.05, 0) is 36.1 Å². The summed E-state index contributed by atoms with van der Waals surface area (Å²) in [6, 6.07) is 14.1. The van der Waals surface area contributed by atoms with Crippen molar-refractivity contribution in [2.24, 2.45) is 0 Å². The first kappa shape index (κ1) is 19.4. The average Bonchev–Trinajstić information content (AvgIpc) is 3.44. The number of aromatic nitrogens is 3. The van der Waals surface area contributed by atoms with E-state index in [4.69, 9.17) is 0 Å². The van der Waals surface area contributed by atoms with Crippen LogP contribution in [0.5, 0.6) is 0 Å². The molecule has 8 heteroatoms. The number of nitrogens with zero attached hydrogens (tertiary/aromatic N) is 4. The normalized spacial score (nSPS) is 10.9. The Hall–Kier alpha value is -2.97. The van der Waals surface area contributed by atoms with Crippen LogP contribution in [0.4, 0.5) is 11.5 Å². The zero-order valence-corrected chi connectivity index (χ0v) is 18.0. The highest BCUT2D eigenvalue weighted by molar-refractivity contribution is 7.22. The van der Waals surface area contributed by atoms with E-state index < -0.39 is 0 Å². The van der Waals surface area contributed by atoms with Gasteiger partial charge in [-0.15, -0.1) is 22.7 Å². The molecule has 1 N–H and O–H groups in total. The Morgan fingerprint density at radius 1 is 1.17 bits per heavy atom. The third-order valence-corrected chi connectivity index (χ3v) is 6.67. The molecular weight excluding hydrogens is 402 g/mol. The number of thiophene rings is 1. The first-order valence-corrected chi connectivity index (χ1v) is 10.8. The van der Waals surface area contributed by atoms with Crippen molar-refractivity contribution in [1.29, 1.82) is 0 Å². The van der Waals surface area contributed by atoms with E-state index in [1.54, 1.807) is 22.2 Å². The number of hydrogen-bond acceptors (Lipinski definition) is 6. The molecule has 0 radical (unpaired) electrons. The Morgan fingerprint density at radius 2 is 1.97 bits per heavy atom. The maximum Gasteiger partial charge on any atom is 0.268 e. The van der Waals surface area contributed by atoms with Gasteiger partial charge < -0.3 is 10.2 Å². The van der Waals surface area contributed by atoms with Gasteiger partial charge in [0.05, 0.1) is 23.3 Å². The molecular formula is C21H21N5OS2. The van der Waals surface area contributed by atoms with E-state index in [-0.39, 0.29) is 5.91 Å². The van der Waals surface area contributed by atoms with Gasteiger partial charge in [-0.1, -0.05) is 18.2 Å². The van der Waals surface area contributed by atoms with Gasteiger partial charge in [0.15, 0.2) is 0 Å². The summed E-state index contributed by atoms with van der Waals surface area (Å²) < 4.78 is 1.79. The monoisotopic (exact) mass is 423 g/mol. The molecule has 0 fully saturated rings. The van der Waals surface area contributed by atoms with Crippen LogP contribution in [-0.2, 0) is 6.54 Å². The Kier molecular flexibility index (Phi) is 5.46. The van der Waals surface area contributed by atoms with E-state index in [0.29, 0.717) is 17.2 Å². The van der Waals surface area contributed by atoms with Crippen molar-refractivity contribution in [2.75, 3.05) is 24.3 Å². The van der Waals surface area contributed by atoms with Crippen LogP contribution in [0.25, 0.3) is 9.88 Å². The standard InChI is InChI=1S/C21H21N5OS2/c1-14-19(29-21(23-14)17-5-4-12-28-17)20(27)24-18-10-11-22-26(18)13-15-6-8-16(9-7-15)25(2)3/h4-12H,13H2,1-3H3,(H,24,27). The molecule has 0 bridgehead atoms. The fourth-order valence-electron chi connectivity index (χ4n) is 2.92. The Labute approximate surface area is 177 Å². The Balaban J connectivity index is 1.50. The summed E-state index contributed by atoms with van der Waals surface area (Å²) in [5.41, 5.74) is 3.00. The predicted octanol–water partition coefficient (Wildman–Crippen LogP) is 4.74. The number of hydrogen-bond donors (Lipinski definition) is 1. The van der Waals surface area contributed by atoms with E-state index in [1.807, 2.05) is 44.6 Å². The number of nitrogens with one attached hydrogen (secondary N) is 1. The lowest BCUT2D eigenvalue weighted by Gasteiger charge is -2.13. The lowest BCUT2D eigenvalue weighted by Crippen LogP contribution is -2.16. The van der Waals surface area contributed by atoms with Crippen LogP contribution in [-0.4, -0.2) is 34.8 Å². The molecule has 0 unspecified atom stereocenters. The minimum absolute atomic E-state index is 0.160. The van der Waals surface area contributed by atoms with Gasteiger partial charge in [-0.3, -0.25) is 4.79 Å². The SMILES string of the molecule is Cc1nc(-c2cccs2)sc1C(=O)Nc1ccnn1Cc1ccc(N(C)C)cc1. The lowest BCUT2D eigenvalue weighted by molar-refractivity contribution is 0.102. The molecule has 0 atom stereocenters. The molecule has 0 aliphatic rings. The second-order valence-corrected chi connectivity index (χ2v) is 8.75. The quantitative estimate of drug-likeness (QED) is 0.486. The van der Waals surface area contributed by atoms with Crippen molar-refractivity contribution >= 4 is 40.1 Å². The third-order valence-electron chi connectivity index (χ3n) is 4.48. The number of carbonyl (C=O) groups is 1. The number of aryl methyl sites for hydroxylation is 1. The topological polar surface area (TPSA) is 63.1 Å². The largest absolute Gasteiger partial charge is 0.378 e. The van der Waals surface area contributed by atoms with Gasteiger partial charge in [-0.25, -0.2) is 9.67 Å². The molecule has 0 saturated heterocycles. The van der Waals surface area contributed by atoms with Crippen LogP contribution >= 0.6 is 22.7 Å². The zero-order valence-electron chi connectivity index (χ0n) is 16.4. The highest BCUT2D eigenvalue weighted by Gasteiger charge is 2.18. The van der Waals surface area contributed by atoms with Crippen LogP contribution in [0.3, 0.4) is 0 Å². The van der Waals surface area contributed by atoms with E-state index in [1.165, 1.54) is 11.3 Å². The number of thiazole rings is 1. The Bertz CT molecular complexity index is 1110. The third kappa shape index (κ3) is 4.23. The molecule has 29 heavy (non-hydrogen) atoms. The number of rotatable bonds is 6. The number of amides is 1. The fourth-order valence-corrected chi connectivity index (χ4v) is 4.68. The first-order chi connectivity index (χ1) is 14.0. The summed E-state index contributed by atoms with van der Waals surface area (Å²) in [5, 5.41) is 10.2. The van der Waals surface area contributed by atoms with Gasteiger partial charge in [0.25, 0.3) is 5.91 Å². The lowest BCUT2D eigenvalue weighted by atomic mass is 10.2. The molecule has 1 aromatic carbocycles. The summed E-state index contributed by atoms with van der Waals surface area (Å²) in [4.78, 5) is 21.2. The minimum atomic E-state index is -0.160. The van der Waals surface area contributed by atoms with E-state index >= 15 is 0 Å². The molecule has 4 rings (SSSR count). The first-order valence-electron chi connectivity index (χ1n) is 9.12. The predicted molar refractivity (Wildman–Crippen MR) is 120 cm³/mol. The van der Waals surface area contributed by atoms with Crippen LogP contribution in [0.2, 0.25) is 0 Å². The van der Waals surface area contributed by atoms with Crippen LogP contribution in [0, 0.1) is 6.92 Å².